The SMILES string of the molecule is Cc1c(Br)c(C)c(C(C)N)c(O)c1Br. The third kappa shape index (κ3) is 1.83. The van der Waals surface area contributed by atoms with E-state index in [0.717, 1.165) is 21.2 Å². The largest absolute Gasteiger partial charge is 0.506 e. The molecule has 4 heteroatoms. The fourth-order valence-corrected chi connectivity index (χ4v) is 2.62. The molecular formula is C10H13Br2NO. The predicted octanol–water partition coefficient (Wildman–Crippen LogP) is 3.55. The highest BCUT2D eigenvalue weighted by molar-refractivity contribution is 9.11. The van der Waals surface area contributed by atoms with E-state index in [-0.39, 0.29) is 11.8 Å². The molecule has 0 fully saturated rings. The van der Waals surface area contributed by atoms with E-state index >= 15 is 0 Å². The molecule has 0 heterocycles. The second-order valence-electron chi connectivity index (χ2n) is 3.43. The van der Waals surface area contributed by atoms with Crippen LogP contribution in [0.4, 0.5) is 0 Å². The lowest BCUT2D eigenvalue weighted by Gasteiger charge is -2.17. The number of hydrogen-bond acceptors (Lipinski definition) is 2. The zero-order valence-electron chi connectivity index (χ0n) is 8.36. The molecule has 1 atom stereocenters. The Morgan fingerprint density at radius 1 is 1.14 bits per heavy atom. The zero-order valence-corrected chi connectivity index (χ0v) is 11.5. The minimum atomic E-state index is -0.178. The first-order chi connectivity index (χ1) is 6.37. The van der Waals surface area contributed by atoms with Gasteiger partial charge in [0.1, 0.15) is 5.75 Å². The molecule has 0 bridgehead atoms. The lowest BCUT2D eigenvalue weighted by molar-refractivity contribution is 0.458. The molecular weight excluding hydrogens is 310 g/mol. The number of aromatic hydroxyl groups is 1. The van der Waals surface area contributed by atoms with Crippen LogP contribution in [0.5, 0.6) is 5.75 Å². The molecule has 0 spiro atoms. The third-order valence-corrected chi connectivity index (χ3v) is 4.47. The number of rotatable bonds is 1. The Labute approximate surface area is 101 Å². The summed E-state index contributed by atoms with van der Waals surface area (Å²) in [7, 11) is 0. The van der Waals surface area contributed by atoms with Crippen molar-refractivity contribution in [2.24, 2.45) is 5.73 Å². The maximum Gasteiger partial charge on any atom is 0.135 e. The highest BCUT2D eigenvalue weighted by atomic mass is 79.9. The molecule has 0 saturated carbocycles. The van der Waals surface area contributed by atoms with Crippen LogP contribution in [0.1, 0.15) is 29.7 Å². The number of phenols is 1. The van der Waals surface area contributed by atoms with Gasteiger partial charge in [-0.05, 0) is 47.8 Å². The van der Waals surface area contributed by atoms with Crippen LogP contribution in [0.3, 0.4) is 0 Å². The van der Waals surface area contributed by atoms with Gasteiger partial charge in [-0.1, -0.05) is 15.9 Å². The molecule has 1 aromatic rings. The maximum atomic E-state index is 9.91. The number of hydrogen-bond donors (Lipinski definition) is 2. The van der Waals surface area contributed by atoms with E-state index in [2.05, 4.69) is 31.9 Å². The molecule has 78 valence electrons. The molecule has 0 aliphatic rings. The molecule has 0 aromatic heterocycles. The first-order valence-electron chi connectivity index (χ1n) is 4.30. The molecule has 0 saturated heterocycles. The van der Waals surface area contributed by atoms with Crippen LogP contribution < -0.4 is 5.73 Å². The highest BCUT2D eigenvalue weighted by Gasteiger charge is 2.18. The smallest absolute Gasteiger partial charge is 0.135 e. The molecule has 0 radical (unpaired) electrons. The van der Waals surface area contributed by atoms with Gasteiger partial charge in [0.15, 0.2) is 0 Å². The Morgan fingerprint density at radius 3 is 2.07 bits per heavy atom. The Bertz CT molecular complexity index is 346. The second-order valence-corrected chi connectivity index (χ2v) is 5.01. The summed E-state index contributed by atoms with van der Waals surface area (Å²) < 4.78 is 1.71. The molecule has 0 aliphatic carbocycles. The van der Waals surface area contributed by atoms with Crippen molar-refractivity contribution >= 4 is 31.9 Å². The van der Waals surface area contributed by atoms with E-state index in [1.54, 1.807) is 0 Å². The lowest BCUT2D eigenvalue weighted by atomic mass is 9.99. The summed E-state index contributed by atoms with van der Waals surface area (Å²) in [5.41, 5.74) is 8.58. The van der Waals surface area contributed by atoms with Crippen LogP contribution in [-0.4, -0.2) is 5.11 Å². The average Bonchev–Trinajstić information content (AvgIpc) is 2.11. The van der Waals surface area contributed by atoms with Gasteiger partial charge in [-0.25, -0.2) is 0 Å². The summed E-state index contributed by atoms with van der Waals surface area (Å²) >= 11 is 6.83. The Kier molecular flexibility index (Phi) is 3.61. The van der Waals surface area contributed by atoms with Crippen LogP contribution in [0.2, 0.25) is 0 Å². The number of halogens is 2. The third-order valence-electron chi connectivity index (χ3n) is 2.31. The van der Waals surface area contributed by atoms with Gasteiger partial charge in [0, 0.05) is 16.1 Å². The number of nitrogens with two attached hydrogens (primary N) is 1. The standard InChI is InChI=1S/C10H13Br2NO/c1-4-7(6(3)13)10(14)9(12)5(2)8(4)11/h6,14H,13H2,1-3H3. The van der Waals surface area contributed by atoms with Crippen LogP contribution in [-0.2, 0) is 0 Å². The molecule has 1 aromatic carbocycles. The summed E-state index contributed by atoms with van der Waals surface area (Å²) in [6.07, 6.45) is 0. The Morgan fingerprint density at radius 2 is 1.64 bits per heavy atom. The monoisotopic (exact) mass is 321 g/mol. The predicted molar refractivity (Wildman–Crippen MR) is 65.6 cm³/mol. The second kappa shape index (κ2) is 4.21. The van der Waals surface area contributed by atoms with Gasteiger partial charge in [0.25, 0.3) is 0 Å². The van der Waals surface area contributed by atoms with E-state index < -0.39 is 0 Å². The van der Waals surface area contributed by atoms with Crippen molar-refractivity contribution in [1.29, 1.82) is 0 Å². The van der Waals surface area contributed by atoms with Gasteiger partial charge >= 0.3 is 0 Å². The van der Waals surface area contributed by atoms with E-state index in [1.165, 1.54) is 0 Å². The van der Waals surface area contributed by atoms with Gasteiger partial charge in [0.2, 0.25) is 0 Å². The van der Waals surface area contributed by atoms with Crippen molar-refractivity contribution in [1.82, 2.24) is 0 Å². The number of phenolic OH excluding ortho intramolecular Hbond substituents is 1. The molecule has 1 unspecified atom stereocenters. The summed E-state index contributed by atoms with van der Waals surface area (Å²) in [4.78, 5) is 0. The Hall–Kier alpha value is -0.0600. The molecule has 3 N–H and O–H groups in total. The molecule has 14 heavy (non-hydrogen) atoms. The van der Waals surface area contributed by atoms with Crippen LogP contribution in [0.15, 0.2) is 8.95 Å². The highest BCUT2D eigenvalue weighted by Crippen LogP contribution is 2.41. The average molecular weight is 323 g/mol. The first kappa shape index (κ1) is 12.0. The summed E-state index contributed by atoms with van der Waals surface area (Å²) in [5, 5.41) is 9.91. The maximum absolute atomic E-state index is 9.91. The van der Waals surface area contributed by atoms with Gasteiger partial charge in [0.05, 0.1) is 4.47 Å². The fraction of sp³-hybridized carbons (Fsp3) is 0.400. The zero-order chi connectivity index (χ0) is 11.0. The number of benzene rings is 1. The van der Waals surface area contributed by atoms with Crippen LogP contribution in [0, 0.1) is 13.8 Å². The summed E-state index contributed by atoms with van der Waals surface area (Å²) in [5.74, 6) is 0.248. The topological polar surface area (TPSA) is 46.2 Å². The lowest BCUT2D eigenvalue weighted by Crippen LogP contribution is -2.08. The van der Waals surface area contributed by atoms with Crippen molar-refractivity contribution in [3.63, 3.8) is 0 Å². The van der Waals surface area contributed by atoms with Crippen LogP contribution >= 0.6 is 31.9 Å². The minimum Gasteiger partial charge on any atom is -0.506 e. The van der Waals surface area contributed by atoms with E-state index in [1.807, 2.05) is 20.8 Å². The van der Waals surface area contributed by atoms with Gasteiger partial charge in [-0.15, -0.1) is 0 Å². The molecule has 2 nitrogen and oxygen atoms in total. The van der Waals surface area contributed by atoms with E-state index in [4.69, 9.17) is 5.73 Å². The van der Waals surface area contributed by atoms with Crippen molar-refractivity contribution in [3.05, 3.63) is 25.6 Å². The minimum absolute atomic E-state index is 0.178. The van der Waals surface area contributed by atoms with Gasteiger partial charge in [-0.3, -0.25) is 0 Å². The van der Waals surface area contributed by atoms with Crippen molar-refractivity contribution < 1.29 is 5.11 Å². The molecule has 0 aliphatic heterocycles. The van der Waals surface area contributed by atoms with Crippen molar-refractivity contribution in [3.8, 4) is 5.75 Å². The fourth-order valence-electron chi connectivity index (χ4n) is 1.53. The summed E-state index contributed by atoms with van der Waals surface area (Å²) in [6, 6.07) is -0.178. The van der Waals surface area contributed by atoms with E-state index in [0.29, 0.717) is 4.47 Å². The van der Waals surface area contributed by atoms with Gasteiger partial charge < -0.3 is 10.8 Å². The molecule has 0 amide bonds. The van der Waals surface area contributed by atoms with Gasteiger partial charge in [-0.2, -0.15) is 0 Å². The Balaban J connectivity index is 3.60. The van der Waals surface area contributed by atoms with Crippen molar-refractivity contribution in [2.45, 2.75) is 26.8 Å². The first-order valence-corrected chi connectivity index (χ1v) is 5.89. The normalized spacial score (nSPS) is 13.0. The quantitative estimate of drug-likeness (QED) is 0.830. The summed E-state index contributed by atoms with van der Waals surface area (Å²) in [6.45, 7) is 5.74. The van der Waals surface area contributed by atoms with E-state index in [9.17, 15) is 5.11 Å². The van der Waals surface area contributed by atoms with Crippen molar-refractivity contribution in [2.75, 3.05) is 0 Å². The molecule has 1 rings (SSSR count). The van der Waals surface area contributed by atoms with Crippen LogP contribution in [0.25, 0.3) is 0 Å².